The number of aromatic nitrogens is 2. The molecule has 0 saturated heterocycles. The number of nitrogens with one attached hydrogen (secondary N) is 1. The highest BCUT2D eigenvalue weighted by Gasteiger charge is 2.10. The number of pyridine rings is 1. The molecule has 122 valence electrons. The minimum atomic E-state index is -0.233. The van der Waals surface area contributed by atoms with Crippen LogP contribution in [-0.4, -0.2) is 15.9 Å². The van der Waals surface area contributed by atoms with Gasteiger partial charge >= 0.3 is 0 Å². The van der Waals surface area contributed by atoms with E-state index < -0.39 is 0 Å². The highest BCUT2D eigenvalue weighted by atomic mass is 79.9. The zero-order chi connectivity index (χ0) is 17.1. The minimum absolute atomic E-state index is 0.233. The summed E-state index contributed by atoms with van der Waals surface area (Å²) in [4.78, 5) is 21.5. The minimum Gasteiger partial charge on any atom is -0.298 e. The first-order valence-electron chi connectivity index (χ1n) is 7.13. The van der Waals surface area contributed by atoms with Gasteiger partial charge in [0.05, 0.1) is 5.56 Å². The number of amides is 1. The third-order valence-corrected chi connectivity index (χ3v) is 5.11. The third kappa shape index (κ3) is 4.20. The molecule has 1 aromatic carbocycles. The van der Waals surface area contributed by atoms with Gasteiger partial charge < -0.3 is 0 Å². The molecule has 0 spiro atoms. The summed E-state index contributed by atoms with van der Waals surface area (Å²) in [5.41, 5.74) is 2.65. The molecule has 0 fully saturated rings. The topological polar surface area (TPSA) is 54.9 Å². The number of anilines is 1. The maximum Gasteiger partial charge on any atom is 0.259 e. The second-order valence-electron chi connectivity index (χ2n) is 5.24. The highest BCUT2D eigenvalue weighted by molar-refractivity contribution is 9.10. The van der Waals surface area contributed by atoms with E-state index in [9.17, 15) is 4.79 Å². The summed E-state index contributed by atoms with van der Waals surface area (Å²) in [5.74, 6) is -0.233. The van der Waals surface area contributed by atoms with E-state index in [-0.39, 0.29) is 5.91 Å². The van der Waals surface area contributed by atoms with Gasteiger partial charge in [-0.2, -0.15) is 0 Å². The standard InChI is InChI=1S/C17H13BrClN3OS/c1-10-2-3-11(5-15(10)19)4-14-9-21-17(24-14)22-16(23)12-6-13(18)8-20-7-12/h2-3,5-9H,4H2,1H3,(H,21,22,23). The molecule has 0 bridgehead atoms. The van der Waals surface area contributed by atoms with E-state index >= 15 is 0 Å². The average molecular weight is 423 g/mol. The quantitative estimate of drug-likeness (QED) is 0.636. The molecular weight excluding hydrogens is 410 g/mol. The molecular formula is C17H13BrClN3OS. The molecule has 3 aromatic rings. The number of carbonyl (C=O) groups excluding carboxylic acids is 1. The van der Waals surface area contributed by atoms with Crippen LogP contribution < -0.4 is 5.32 Å². The van der Waals surface area contributed by atoms with Crippen molar-refractivity contribution in [1.29, 1.82) is 0 Å². The van der Waals surface area contributed by atoms with Gasteiger partial charge in [-0.15, -0.1) is 11.3 Å². The van der Waals surface area contributed by atoms with Crippen LogP contribution in [0, 0.1) is 6.92 Å². The number of hydrogen-bond donors (Lipinski definition) is 1. The molecule has 2 aromatic heterocycles. The monoisotopic (exact) mass is 421 g/mol. The SMILES string of the molecule is Cc1ccc(Cc2cnc(NC(=O)c3cncc(Br)c3)s2)cc1Cl. The van der Waals surface area contributed by atoms with Gasteiger partial charge in [-0.1, -0.05) is 23.7 Å². The summed E-state index contributed by atoms with van der Waals surface area (Å²) < 4.78 is 0.756. The van der Waals surface area contributed by atoms with Crippen LogP contribution in [0.25, 0.3) is 0 Å². The smallest absolute Gasteiger partial charge is 0.259 e. The van der Waals surface area contributed by atoms with Gasteiger partial charge in [0.15, 0.2) is 5.13 Å². The van der Waals surface area contributed by atoms with Crippen molar-refractivity contribution in [2.75, 3.05) is 5.32 Å². The van der Waals surface area contributed by atoms with Crippen molar-refractivity contribution in [1.82, 2.24) is 9.97 Å². The van der Waals surface area contributed by atoms with Gasteiger partial charge in [-0.3, -0.25) is 15.1 Å². The zero-order valence-electron chi connectivity index (χ0n) is 12.7. The second kappa shape index (κ2) is 7.42. The Bertz CT molecular complexity index is 897. The fourth-order valence-corrected chi connectivity index (χ4v) is 3.51. The Morgan fingerprint density at radius 3 is 2.88 bits per heavy atom. The molecule has 0 radical (unpaired) electrons. The van der Waals surface area contributed by atoms with Gasteiger partial charge in [-0.25, -0.2) is 4.98 Å². The molecule has 0 saturated carbocycles. The Morgan fingerprint density at radius 1 is 1.29 bits per heavy atom. The number of hydrogen-bond acceptors (Lipinski definition) is 4. The van der Waals surface area contributed by atoms with E-state index in [1.54, 1.807) is 18.5 Å². The molecule has 0 unspecified atom stereocenters. The Kier molecular flexibility index (Phi) is 5.28. The van der Waals surface area contributed by atoms with Crippen molar-refractivity contribution in [3.63, 3.8) is 0 Å². The Hall–Kier alpha value is -1.76. The number of thiazole rings is 1. The molecule has 0 aliphatic rings. The largest absolute Gasteiger partial charge is 0.298 e. The van der Waals surface area contributed by atoms with Crippen molar-refractivity contribution in [3.8, 4) is 0 Å². The predicted octanol–water partition coefficient (Wildman–Crippen LogP) is 5.11. The number of benzene rings is 1. The summed E-state index contributed by atoms with van der Waals surface area (Å²) in [6.45, 7) is 1.98. The fraction of sp³-hybridized carbons (Fsp3) is 0.118. The van der Waals surface area contributed by atoms with Gasteiger partial charge in [0.25, 0.3) is 5.91 Å². The molecule has 0 aliphatic carbocycles. The number of nitrogens with zero attached hydrogens (tertiary/aromatic N) is 2. The van der Waals surface area contributed by atoms with Crippen molar-refractivity contribution < 1.29 is 4.79 Å². The Labute approximate surface area is 157 Å². The van der Waals surface area contributed by atoms with E-state index in [0.29, 0.717) is 10.7 Å². The Morgan fingerprint density at radius 2 is 2.12 bits per heavy atom. The predicted molar refractivity (Wildman–Crippen MR) is 101 cm³/mol. The van der Waals surface area contributed by atoms with E-state index in [1.165, 1.54) is 17.5 Å². The van der Waals surface area contributed by atoms with E-state index in [0.717, 1.165) is 31.9 Å². The fourth-order valence-electron chi connectivity index (χ4n) is 2.10. The summed E-state index contributed by atoms with van der Waals surface area (Å²) >= 11 is 10.9. The average Bonchev–Trinajstić information content (AvgIpc) is 2.98. The van der Waals surface area contributed by atoms with Crippen LogP contribution in [-0.2, 0) is 6.42 Å². The molecule has 2 heterocycles. The van der Waals surface area contributed by atoms with Crippen LogP contribution in [0.2, 0.25) is 5.02 Å². The van der Waals surface area contributed by atoms with Crippen LogP contribution >= 0.6 is 38.9 Å². The lowest BCUT2D eigenvalue weighted by atomic mass is 10.1. The van der Waals surface area contributed by atoms with Crippen molar-refractivity contribution in [3.05, 3.63) is 73.9 Å². The summed E-state index contributed by atoms with van der Waals surface area (Å²) in [5, 5.41) is 4.11. The first-order valence-corrected chi connectivity index (χ1v) is 9.11. The number of rotatable bonds is 4. The van der Waals surface area contributed by atoms with E-state index in [4.69, 9.17) is 11.6 Å². The number of aryl methyl sites for hydroxylation is 1. The number of carbonyl (C=O) groups is 1. The summed E-state index contributed by atoms with van der Waals surface area (Å²) in [6.07, 6.45) is 5.65. The lowest BCUT2D eigenvalue weighted by Crippen LogP contribution is -2.11. The molecule has 24 heavy (non-hydrogen) atoms. The molecule has 4 nitrogen and oxygen atoms in total. The van der Waals surface area contributed by atoms with Crippen LogP contribution in [0.5, 0.6) is 0 Å². The van der Waals surface area contributed by atoms with E-state index in [1.807, 2.05) is 25.1 Å². The molecule has 3 rings (SSSR count). The number of halogens is 2. The summed E-state index contributed by atoms with van der Waals surface area (Å²) in [7, 11) is 0. The first kappa shape index (κ1) is 17.1. The van der Waals surface area contributed by atoms with Crippen LogP contribution in [0.3, 0.4) is 0 Å². The van der Waals surface area contributed by atoms with Crippen molar-refractivity contribution in [2.45, 2.75) is 13.3 Å². The van der Waals surface area contributed by atoms with Crippen molar-refractivity contribution in [2.24, 2.45) is 0 Å². The molecule has 1 N–H and O–H groups in total. The third-order valence-electron chi connectivity index (χ3n) is 3.36. The molecule has 0 aliphatic heterocycles. The Balaban J connectivity index is 1.69. The van der Waals surface area contributed by atoms with Crippen molar-refractivity contribution >= 4 is 49.9 Å². The zero-order valence-corrected chi connectivity index (χ0v) is 15.9. The summed E-state index contributed by atoms with van der Waals surface area (Å²) in [6, 6.07) is 7.72. The van der Waals surface area contributed by atoms with Gasteiger partial charge in [0.1, 0.15) is 0 Å². The lowest BCUT2D eigenvalue weighted by Gasteiger charge is -2.02. The lowest BCUT2D eigenvalue weighted by molar-refractivity contribution is 0.102. The van der Waals surface area contributed by atoms with Crippen LogP contribution in [0.15, 0.2) is 47.3 Å². The molecule has 0 atom stereocenters. The van der Waals surface area contributed by atoms with Crippen LogP contribution in [0.4, 0.5) is 5.13 Å². The van der Waals surface area contributed by atoms with Gasteiger partial charge in [0.2, 0.25) is 0 Å². The first-order chi connectivity index (χ1) is 11.5. The molecule has 7 heteroatoms. The van der Waals surface area contributed by atoms with E-state index in [2.05, 4.69) is 31.2 Å². The van der Waals surface area contributed by atoms with Crippen LogP contribution in [0.1, 0.15) is 26.4 Å². The normalized spacial score (nSPS) is 10.6. The van der Waals surface area contributed by atoms with Gasteiger partial charge in [0, 0.05) is 39.4 Å². The molecule has 1 amide bonds. The van der Waals surface area contributed by atoms with Gasteiger partial charge in [-0.05, 0) is 46.1 Å². The maximum absolute atomic E-state index is 12.2. The maximum atomic E-state index is 12.2. The highest BCUT2D eigenvalue weighted by Crippen LogP contribution is 2.24. The second-order valence-corrected chi connectivity index (χ2v) is 7.68.